The molecule has 9 heteroatoms. The number of anilines is 4. The van der Waals surface area contributed by atoms with Crippen LogP contribution in [-0.2, 0) is 0 Å². The summed E-state index contributed by atoms with van der Waals surface area (Å²) in [6, 6.07) is 7.13. The van der Waals surface area contributed by atoms with Crippen molar-refractivity contribution in [1.29, 1.82) is 0 Å². The van der Waals surface area contributed by atoms with E-state index >= 15 is 0 Å². The van der Waals surface area contributed by atoms with Crippen molar-refractivity contribution in [1.82, 2.24) is 9.97 Å². The predicted octanol–water partition coefficient (Wildman–Crippen LogP) is 3.32. The van der Waals surface area contributed by atoms with Crippen LogP contribution in [0.2, 0.25) is 0 Å². The lowest BCUT2D eigenvalue weighted by Gasteiger charge is -2.14. The predicted molar refractivity (Wildman–Crippen MR) is 97.4 cm³/mol. The van der Waals surface area contributed by atoms with Crippen LogP contribution in [0.15, 0.2) is 24.3 Å². The van der Waals surface area contributed by atoms with Crippen molar-refractivity contribution < 1.29 is 9.66 Å². The number of hydrogen-bond acceptors (Lipinski definition) is 8. The average molecular weight is 346 g/mol. The number of rotatable bonds is 8. The van der Waals surface area contributed by atoms with Crippen LogP contribution in [0.3, 0.4) is 0 Å². The molecule has 0 aliphatic carbocycles. The summed E-state index contributed by atoms with van der Waals surface area (Å²) >= 11 is 0. The summed E-state index contributed by atoms with van der Waals surface area (Å²) in [6.07, 6.45) is 0.849. The van der Waals surface area contributed by atoms with Crippen LogP contribution in [0.1, 0.15) is 27.2 Å². The molecule has 0 spiro atoms. The third-order valence-corrected chi connectivity index (χ3v) is 3.51. The van der Waals surface area contributed by atoms with Crippen molar-refractivity contribution in [3.63, 3.8) is 0 Å². The number of nitro groups is 1. The normalized spacial score (nSPS) is 11.6. The Kier molecular flexibility index (Phi) is 5.93. The summed E-state index contributed by atoms with van der Waals surface area (Å²) in [5.74, 6) is 0.793. The highest BCUT2D eigenvalue weighted by Gasteiger charge is 2.23. The molecular formula is C16H22N6O3. The molecule has 2 aromatic rings. The zero-order chi connectivity index (χ0) is 18.4. The first-order valence-corrected chi connectivity index (χ1v) is 8.02. The highest BCUT2D eigenvalue weighted by atomic mass is 16.6. The fourth-order valence-electron chi connectivity index (χ4n) is 2.06. The Bertz CT molecular complexity index is 735. The van der Waals surface area contributed by atoms with Gasteiger partial charge in [-0.2, -0.15) is 9.97 Å². The van der Waals surface area contributed by atoms with Gasteiger partial charge in [-0.1, -0.05) is 6.92 Å². The van der Waals surface area contributed by atoms with Gasteiger partial charge in [0.1, 0.15) is 5.75 Å². The summed E-state index contributed by atoms with van der Waals surface area (Å²) in [7, 11) is 0. The standard InChI is InChI=1S/C16H22N6O3/c1-4-10(3)18-16-20-14(17)13(22(23)24)15(21-16)19-11-6-8-12(9-7-11)25-5-2/h6-10H,4-5H2,1-3H3,(H4,17,18,19,20,21)/t10-/m1/s1. The fraction of sp³-hybridized carbons (Fsp3) is 0.375. The molecule has 0 aliphatic rings. The molecule has 134 valence electrons. The zero-order valence-electron chi connectivity index (χ0n) is 14.4. The van der Waals surface area contributed by atoms with Crippen molar-refractivity contribution >= 4 is 29.0 Å². The minimum Gasteiger partial charge on any atom is -0.494 e. The number of hydrogen-bond donors (Lipinski definition) is 3. The number of aromatic nitrogens is 2. The van der Waals surface area contributed by atoms with Gasteiger partial charge < -0.3 is 21.1 Å². The Morgan fingerprint density at radius 2 is 1.96 bits per heavy atom. The van der Waals surface area contributed by atoms with E-state index in [1.807, 2.05) is 20.8 Å². The second-order valence-corrected chi connectivity index (χ2v) is 5.42. The molecule has 9 nitrogen and oxygen atoms in total. The van der Waals surface area contributed by atoms with E-state index in [2.05, 4.69) is 20.6 Å². The molecule has 0 bridgehead atoms. The maximum atomic E-state index is 11.3. The Labute approximate surface area is 145 Å². The van der Waals surface area contributed by atoms with E-state index in [0.717, 1.165) is 6.42 Å². The summed E-state index contributed by atoms with van der Waals surface area (Å²) in [5.41, 5.74) is 6.03. The van der Waals surface area contributed by atoms with Gasteiger partial charge in [-0.15, -0.1) is 0 Å². The number of benzene rings is 1. The quantitative estimate of drug-likeness (QED) is 0.490. The van der Waals surface area contributed by atoms with Crippen LogP contribution in [0.5, 0.6) is 5.75 Å². The van der Waals surface area contributed by atoms with Gasteiger partial charge in [0.2, 0.25) is 17.6 Å². The number of nitrogens with one attached hydrogen (secondary N) is 2. The largest absolute Gasteiger partial charge is 0.494 e. The molecule has 2 rings (SSSR count). The van der Waals surface area contributed by atoms with Gasteiger partial charge in [-0.05, 0) is 44.5 Å². The van der Waals surface area contributed by atoms with E-state index in [1.54, 1.807) is 24.3 Å². The van der Waals surface area contributed by atoms with Crippen LogP contribution in [-0.4, -0.2) is 27.5 Å². The first-order chi connectivity index (χ1) is 11.9. The van der Waals surface area contributed by atoms with Crippen molar-refractivity contribution in [2.75, 3.05) is 23.0 Å². The number of ether oxygens (including phenoxy) is 1. The molecule has 0 radical (unpaired) electrons. The maximum absolute atomic E-state index is 11.3. The smallest absolute Gasteiger partial charge is 0.353 e. The molecule has 0 aliphatic heterocycles. The Morgan fingerprint density at radius 3 is 2.52 bits per heavy atom. The van der Waals surface area contributed by atoms with Crippen molar-refractivity contribution in [2.24, 2.45) is 0 Å². The second kappa shape index (κ2) is 8.13. The SMILES string of the molecule is CCOc1ccc(Nc2nc(N[C@H](C)CC)nc(N)c2[N+](=O)[O-])cc1. The van der Waals surface area contributed by atoms with E-state index in [1.165, 1.54) is 0 Å². The average Bonchev–Trinajstić information content (AvgIpc) is 2.56. The van der Waals surface area contributed by atoms with E-state index in [-0.39, 0.29) is 29.3 Å². The zero-order valence-corrected chi connectivity index (χ0v) is 14.4. The summed E-state index contributed by atoms with van der Waals surface area (Å²) < 4.78 is 5.38. The molecule has 25 heavy (non-hydrogen) atoms. The van der Waals surface area contributed by atoms with Crippen LogP contribution in [0.25, 0.3) is 0 Å². The van der Waals surface area contributed by atoms with Gasteiger partial charge in [0.15, 0.2) is 0 Å². The molecule has 0 saturated heterocycles. The number of nitrogens with zero attached hydrogens (tertiary/aromatic N) is 3. The van der Waals surface area contributed by atoms with Crippen LogP contribution < -0.4 is 21.1 Å². The van der Waals surface area contributed by atoms with E-state index < -0.39 is 4.92 Å². The van der Waals surface area contributed by atoms with Gasteiger partial charge in [0.05, 0.1) is 11.5 Å². The van der Waals surface area contributed by atoms with Crippen molar-refractivity contribution in [2.45, 2.75) is 33.2 Å². The molecule has 0 saturated carbocycles. The van der Waals surface area contributed by atoms with Gasteiger partial charge >= 0.3 is 5.69 Å². The Hall–Kier alpha value is -3.10. The Morgan fingerprint density at radius 1 is 1.28 bits per heavy atom. The molecule has 1 aromatic heterocycles. The summed E-state index contributed by atoms with van der Waals surface area (Å²) in [4.78, 5) is 18.9. The topological polar surface area (TPSA) is 128 Å². The second-order valence-electron chi connectivity index (χ2n) is 5.42. The Balaban J connectivity index is 2.34. The van der Waals surface area contributed by atoms with Crippen LogP contribution in [0, 0.1) is 10.1 Å². The molecule has 0 fully saturated rings. The van der Waals surface area contributed by atoms with E-state index in [0.29, 0.717) is 18.0 Å². The van der Waals surface area contributed by atoms with Crippen molar-refractivity contribution in [3.8, 4) is 5.75 Å². The maximum Gasteiger partial charge on any atom is 0.353 e. The molecular weight excluding hydrogens is 324 g/mol. The lowest BCUT2D eigenvalue weighted by atomic mass is 10.3. The summed E-state index contributed by atoms with van der Waals surface area (Å²) in [5, 5.41) is 17.3. The molecule has 4 N–H and O–H groups in total. The van der Waals surface area contributed by atoms with E-state index in [4.69, 9.17) is 10.5 Å². The number of nitrogen functional groups attached to an aromatic ring is 1. The first kappa shape index (κ1) is 18.2. The van der Waals surface area contributed by atoms with Gasteiger partial charge in [-0.25, -0.2) is 0 Å². The highest BCUT2D eigenvalue weighted by molar-refractivity contribution is 5.74. The van der Waals surface area contributed by atoms with Crippen LogP contribution in [0.4, 0.5) is 29.0 Å². The van der Waals surface area contributed by atoms with Gasteiger partial charge in [-0.3, -0.25) is 10.1 Å². The van der Waals surface area contributed by atoms with Gasteiger partial charge in [0, 0.05) is 11.7 Å². The van der Waals surface area contributed by atoms with Crippen molar-refractivity contribution in [3.05, 3.63) is 34.4 Å². The van der Waals surface area contributed by atoms with Gasteiger partial charge in [0.25, 0.3) is 0 Å². The third-order valence-electron chi connectivity index (χ3n) is 3.51. The number of nitrogens with two attached hydrogens (primary N) is 1. The minimum atomic E-state index is -0.598. The molecule has 1 atom stereocenters. The lowest BCUT2D eigenvalue weighted by molar-refractivity contribution is -0.383. The van der Waals surface area contributed by atoms with Crippen LogP contribution >= 0.6 is 0 Å². The monoisotopic (exact) mass is 346 g/mol. The molecule has 1 heterocycles. The van der Waals surface area contributed by atoms with E-state index in [9.17, 15) is 10.1 Å². The highest BCUT2D eigenvalue weighted by Crippen LogP contribution is 2.32. The third kappa shape index (κ3) is 4.69. The molecule has 1 aromatic carbocycles. The first-order valence-electron chi connectivity index (χ1n) is 8.02. The summed E-state index contributed by atoms with van der Waals surface area (Å²) in [6.45, 7) is 6.42. The molecule has 0 unspecified atom stereocenters. The minimum absolute atomic E-state index is 0.0347. The lowest BCUT2D eigenvalue weighted by Crippen LogP contribution is -2.17. The fourth-order valence-corrected chi connectivity index (χ4v) is 2.06. The molecule has 0 amide bonds.